The molecule has 2 heterocycles. The van der Waals surface area contributed by atoms with E-state index in [9.17, 15) is 0 Å². The predicted molar refractivity (Wildman–Crippen MR) is 74.8 cm³/mol. The van der Waals surface area contributed by atoms with Gasteiger partial charge in [-0.2, -0.15) is 0 Å². The first-order valence-corrected chi connectivity index (χ1v) is 7.14. The zero-order valence-electron chi connectivity index (χ0n) is 11.2. The van der Waals surface area contributed by atoms with Crippen LogP contribution in [0.25, 0.3) is 0 Å². The summed E-state index contributed by atoms with van der Waals surface area (Å²) in [6, 6.07) is 4.94. The molecule has 0 bridgehead atoms. The first-order valence-electron chi connectivity index (χ1n) is 7.14. The molecule has 1 aromatic heterocycles. The zero-order valence-corrected chi connectivity index (χ0v) is 11.2. The van der Waals surface area contributed by atoms with Crippen LogP contribution in [0, 0.1) is 5.41 Å². The molecule has 0 aromatic carbocycles. The van der Waals surface area contributed by atoms with Crippen LogP contribution in [0.3, 0.4) is 0 Å². The maximum atomic E-state index is 4.08. The second-order valence-corrected chi connectivity index (χ2v) is 6.16. The molecule has 1 saturated carbocycles. The lowest BCUT2D eigenvalue weighted by Crippen LogP contribution is -2.44. The smallest absolute Gasteiger partial charge is 0.0397 e. The molecule has 2 fully saturated rings. The molecule has 3 rings (SSSR count). The highest BCUT2D eigenvalue weighted by molar-refractivity contribution is 5.44. The van der Waals surface area contributed by atoms with Gasteiger partial charge < -0.3 is 10.2 Å². The van der Waals surface area contributed by atoms with Crippen LogP contribution in [-0.2, 0) is 0 Å². The van der Waals surface area contributed by atoms with Gasteiger partial charge >= 0.3 is 0 Å². The van der Waals surface area contributed by atoms with E-state index in [4.69, 9.17) is 0 Å². The number of nitrogens with zero attached hydrogens (tertiary/aromatic N) is 2. The molecule has 98 valence electrons. The normalized spacial score (nSPS) is 23.1. The molecular formula is C15H23N3. The molecule has 3 heteroatoms. The number of piperidine rings is 1. The molecule has 1 N–H and O–H groups in total. The van der Waals surface area contributed by atoms with Gasteiger partial charge in [0.05, 0.1) is 0 Å². The molecule has 1 aliphatic heterocycles. The molecule has 18 heavy (non-hydrogen) atoms. The quantitative estimate of drug-likeness (QED) is 0.883. The number of anilines is 1. The minimum Gasteiger partial charge on any atom is -0.371 e. The van der Waals surface area contributed by atoms with E-state index in [1.807, 2.05) is 12.4 Å². The van der Waals surface area contributed by atoms with Crippen LogP contribution >= 0.6 is 0 Å². The number of aromatic nitrogens is 1. The van der Waals surface area contributed by atoms with Crippen molar-refractivity contribution in [2.45, 2.75) is 38.6 Å². The third-order valence-electron chi connectivity index (χ3n) is 4.44. The Bertz CT molecular complexity index is 378. The van der Waals surface area contributed by atoms with E-state index in [-0.39, 0.29) is 0 Å². The van der Waals surface area contributed by atoms with Crippen molar-refractivity contribution >= 4 is 5.69 Å². The highest BCUT2D eigenvalue weighted by atomic mass is 15.1. The monoisotopic (exact) mass is 245 g/mol. The van der Waals surface area contributed by atoms with Crippen LogP contribution in [0.1, 0.15) is 32.6 Å². The van der Waals surface area contributed by atoms with E-state index in [0.717, 1.165) is 6.04 Å². The van der Waals surface area contributed by atoms with Gasteiger partial charge in [0, 0.05) is 43.8 Å². The van der Waals surface area contributed by atoms with E-state index in [1.165, 1.54) is 51.0 Å². The molecule has 0 radical (unpaired) electrons. The van der Waals surface area contributed by atoms with Gasteiger partial charge in [0.25, 0.3) is 0 Å². The Morgan fingerprint density at radius 2 is 1.94 bits per heavy atom. The van der Waals surface area contributed by atoms with E-state index < -0.39 is 0 Å². The van der Waals surface area contributed by atoms with E-state index in [0.29, 0.717) is 5.41 Å². The highest BCUT2D eigenvalue weighted by Gasteiger charge is 2.37. The van der Waals surface area contributed by atoms with Crippen molar-refractivity contribution in [3.05, 3.63) is 24.5 Å². The molecule has 2 aliphatic rings. The van der Waals surface area contributed by atoms with E-state index in [1.54, 1.807) is 0 Å². The Balaban J connectivity index is 1.46. The summed E-state index contributed by atoms with van der Waals surface area (Å²) in [6.07, 6.45) is 9.11. The summed E-state index contributed by atoms with van der Waals surface area (Å²) in [5.74, 6) is 0. The first-order chi connectivity index (χ1) is 8.75. The van der Waals surface area contributed by atoms with Crippen molar-refractivity contribution in [3.63, 3.8) is 0 Å². The summed E-state index contributed by atoms with van der Waals surface area (Å²) in [7, 11) is 0. The summed E-state index contributed by atoms with van der Waals surface area (Å²) >= 11 is 0. The molecule has 0 unspecified atom stereocenters. The Kier molecular flexibility index (Phi) is 3.25. The third kappa shape index (κ3) is 2.83. The lowest BCUT2D eigenvalue weighted by atomic mass is 10.0. The topological polar surface area (TPSA) is 28.2 Å². The minimum atomic E-state index is 0.627. The van der Waals surface area contributed by atoms with Gasteiger partial charge in [-0.25, -0.2) is 0 Å². The maximum Gasteiger partial charge on any atom is 0.0397 e. The molecule has 1 saturated heterocycles. The molecule has 3 nitrogen and oxygen atoms in total. The zero-order chi connectivity index (χ0) is 12.4. The molecule has 0 atom stereocenters. The van der Waals surface area contributed by atoms with E-state index in [2.05, 4.69) is 34.3 Å². The Hall–Kier alpha value is -1.09. The summed E-state index contributed by atoms with van der Waals surface area (Å²) in [6.45, 7) is 5.94. The molecular weight excluding hydrogens is 222 g/mol. The van der Waals surface area contributed by atoms with Gasteiger partial charge in [-0.3, -0.25) is 4.98 Å². The summed E-state index contributed by atoms with van der Waals surface area (Å²) in [4.78, 5) is 6.55. The summed E-state index contributed by atoms with van der Waals surface area (Å²) < 4.78 is 0. The molecule has 0 spiro atoms. The average molecular weight is 245 g/mol. The lowest BCUT2D eigenvalue weighted by molar-refractivity contribution is 0.376. The summed E-state index contributed by atoms with van der Waals surface area (Å²) in [5, 5.41) is 3.76. The van der Waals surface area contributed by atoms with E-state index >= 15 is 0 Å². The standard InChI is InChI=1S/C15H23N3/c1-15(6-7-15)12-17-13-4-10-18(11-5-13)14-2-8-16-9-3-14/h2-3,8-9,13,17H,4-7,10-12H2,1H3. The van der Waals surface area contributed by atoms with Crippen LogP contribution in [0.15, 0.2) is 24.5 Å². The van der Waals surface area contributed by atoms with Gasteiger partial charge in [0.15, 0.2) is 0 Å². The third-order valence-corrected chi connectivity index (χ3v) is 4.44. The fraction of sp³-hybridized carbons (Fsp3) is 0.667. The van der Waals surface area contributed by atoms with Gasteiger partial charge in [-0.1, -0.05) is 6.92 Å². The van der Waals surface area contributed by atoms with Crippen molar-refractivity contribution in [1.82, 2.24) is 10.3 Å². The fourth-order valence-electron chi connectivity index (χ4n) is 2.68. The van der Waals surface area contributed by atoms with Crippen LogP contribution in [0.4, 0.5) is 5.69 Å². The number of rotatable bonds is 4. The second-order valence-electron chi connectivity index (χ2n) is 6.16. The average Bonchev–Trinajstić information content (AvgIpc) is 3.17. The molecule has 1 aromatic rings. The number of hydrogen-bond acceptors (Lipinski definition) is 3. The SMILES string of the molecule is CC1(CNC2CCN(c3ccncc3)CC2)CC1. The molecule has 1 aliphatic carbocycles. The Morgan fingerprint density at radius 1 is 1.28 bits per heavy atom. The van der Waals surface area contributed by atoms with Crippen molar-refractivity contribution in [3.8, 4) is 0 Å². The first kappa shape index (κ1) is 12.0. The highest BCUT2D eigenvalue weighted by Crippen LogP contribution is 2.44. The predicted octanol–water partition coefficient (Wildman–Crippen LogP) is 2.44. The van der Waals surface area contributed by atoms with Crippen molar-refractivity contribution in [2.75, 3.05) is 24.5 Å². The largest absolute Gasteiger partial charge is 0.371 e. The van der Waals surface area contributed by atoms with Gasteiger partial charge in [-0.05, 0) is 43.2 Å². The van der Waals surface area contributed by atoms with Gasteiger partial charge in [0.1, 0.15) is 0 Å². The maximum absolute atomic E-state index is 4.08. The van der Waals surface area contributed by atoms with Gasteiger partial charge in [-0.15, -0.1) is 0 Å². The van der Waals surface area contributed by atoms with Gasteiger partial charge in [0.2, 0.25) is 0 Å². The lowest BCUT2D eigenvalue weighted by Gasteiger charge is -2.34. The Labute approximate surface area is 110 Å². The fourth-order valence-corrected chi connectivity index (χ4v) is 2.68. The van der Waals surface area contributed by atoms with Crippen LogP contribution in [0.2, 0.25) is 0 Å². The number of hydrogen-bond donors (Lipinski definition) is 1. The minimum absolute atomic E-state index is 0.627. The van der Waals surface area contributed by atoms with Crippen molar-refractivity contribution in [1.29, 1.82) is 0 Å². The van der Waals surface area contributed by atoms with Crippen molar-refractivity contribution < 1.29 is 0 Å². The second kappa shape index (κ2) is 4.88. The van der Waals surface area contributed by atoms with Crippen molar-refractivity contribution in [2.24, 2.45) is 5.41 Å². The van der Waals surface area contributed by atoms with Crippen LogP contribution in [-0.4, -0.2) is 30.7 Å². The Morgan fingerprint density at radius 3 is 2.56 bits per heavy atom. The summed E-state index contributed by atoms with van der Waals surface area (Å²) in [5.41, 5.74) is 1.94. The number of nitrogens with one attached hydrogen (secondary N) is 1. The number of pyridine rings is 1. The van der Waals surface area contributed by atoms with Crippen LogP contribution < -0.4 is 10.2 Å². The van der Waals surface area contributed by atoms with Crippen LogP contribution in [0.5, 0.6) is 0 Å². The molecule has 0 amide bonds.